The molecule has 9 aromatic carbocycles. The van der Waals surface area contributed by atoms with Crippen molar-refractivity contribution in [3.63, 3.8) is 0 Å². The first-order chi connectivity index (χ1) is 28.3. The van der Waals surface area contributed by atoms with Crippen LogP contribution in [0, 0.1) is 0 Å². The van der Waals surface area contributed by atoms with Crippen molar-refractivity contribution in [1.82, 2.24) is 9.13 Å². The Morgan fingerprint density at radius 3 is 1.12 bits per heavy atom. The fourth-order valence-corrected chi connectivity index (χ4v) is 8.63. The molecule has 0 bridgehead atoms. The average Bonchev–Trinajstić information content (AvgIpc) is 3.79. The molecule has 0 aliphatic carbocycles. The molecule has 0 spiro atoms. The predicted molar refractivity (Wildman–Crippen MR) is 241 cm³/mol. The molecule has 0 aliphatic rings. The van der Waals surface area contributed by atoms with Gasteiger partial charge < -0.3 is 14.0 Å². The van der Waals surface area contributed by atoms with E-state index in [1.165, 1.54) is 65.9 Å². The zero-order valence-electron chi connectivity index (χ0n) is 31.2. The van der Waals surface area contributed by atoms with Crippen molar-refractivity contribution < 1.29 is 0 Å². The third kappa shape index (κ3) is 5.60. The van der Waals surface area contributed by atoms with E-state index in [-0.39, 0.29) is 0 Å². The Bertz CT molecular complexity index is 3180. The van der Waals surface area contributed by atoms with E-state index >= 15 is 0 Å². The van der Waals surface area contributed by atoms with Gasteiger partial charge in [0.05, 0.1) is 22.1 Å². The molecule has 0 aliphatic heterocycles. The van der Waals surface area contributed by atoms with Crippen LogP contribution in [0.2, 0.25) is 0 Å². The lowest BCUT2D eigenvalue weighted by molar-refractivity contribution is 1.16. The number of para-hydroxylation sites is 4. The van der Waals surface area contributed by atoms with E-state index in [1.807, 2.05) is 0 Å². The molecule has 0 saturated heterocycles. The zero-order chi connectivity index (χ0) is 37.7. The standard InChI is InChI=1S/C54H37N3/c1-4-14-38(15-5-1)39-24-30-44(31-25-39)55(42-16-6-2-7-17-42)45-32-26-40(27-33-45)41-28-34-46(35-29-41)57-52-23-13-11-21-48(52)50-36-49-47-20-10-12-22-51(47)56(53(49)37-54(50)57)43-18-8-3-9-19-43/h1-37H. The van der Waals surface area contributed by atoms with E-state index in [2.05, 4.69) is 238 Å². The maximum absolute atomic E-state index is 2.42. The molecule has 268 valence electrons. The van der Waals surface area contributed by atoms with Crippen molar-refractivity contribution in [2.45, 2.75) is 0 Å². The summed E-state index contributed by atoms with van der Waals surface area (Å²) in [7, 11) is 0. The molecule has 3 nitrogen and oxygen atoms in total. The van der Waals surface area contributed by atoms with Crippen LogP contribution in [-0.2, 0) is 0 Å². The second-order valence-electron chi connectivity index (χ2n) is 14.6. The van der Waals surface area contributed by atoms with Crippen molar-refractivity contribution in [2.75, 3.05) is 4.90 Å². The van der Waals surface area contributed by atoms with Crippen molar-refractivity contribution >= 4 is 60.7 Å². The van der Waals surface area contributed by atoms with E-state index < -0.39 is 0 Å². The first-order valence-electron chi connectivity index (χ1n) is 19.5. The van der Waals surface area contributed by atoms with Crippen LogP contribution in [0.1, 0.15) is 0 Å². The highest BCUT2D eigenvalue weighted by molar-refractivity contribution is 6.19. The minimum atomic E-state index is 1.11. The van der Waals surface area contributed by atoms with E-state index in [9.17, 15) is 0 Å². The second-order valence-corrected chi connectivity index (χ2v) is 14.6. The third-order valence-electron chi connectivity index (χ3n) is 11.3. The number of hydrogen-bond donors (Lipinski definition) is 0. The smallest absolute Gasteiger partial charge is 0.0562 e. The van der Waals surface area contributed by atoms with Gasteiger partial charge >= 0.3 is 0 Å². The molecule has 0 atom stereocenters. The van der Waals surface area contributed by atoms with E-state index in [0.29, 0.717) is 0 Å². The Morgan fingerprint density at radius 1 is 0.246 bits per heavy atom. The minimum absolute atomic E-state index is 1.11. The first kappa shape index (κ1) is 32.8. The Morgan fingerprint density at radius 2 is 0.614 bits per heavy atom. The highest BCUT2D eigenvalue weighted by Crippen LogP contribution is 2.41. The van der Waals surface area contributed by atoms with Crippen LogP contribution in [0.5, 0.6) is 0 Å². The number of anilines is 3. The van der Waals surface area contributed by atoms with Gasteiger partial charge in [-0.15, -0.1) is 0 Å². The number of benzene rings is 9. The fourth-order valence-electron chi connectivity index (χ4n) is 8.63. The van der Waals surface area contributed by atoms with Crippen molar-refractivity contribution in [2.24, 2.45) is 0 Å². The summed E-state index contributed by atoms with van der Waals surface area (Å²) in [6.45, 7) is 0. The molecule has 0 saturated carbocycles. The van der Waals surface area contributed by atoms with E-state index in [0.717, 1.165) is 28.4 Å². The largest absolute Gasteiger partial charge is 0.311 e. The van der Waals surface area contributed by atoms with Gasteiger partial charge in [-0.25, -0.2) is 0 Å². The Labute approximate surface area is 331 Å². The average molecular weight is 728 g/mol. The van der Waals surface area contributed by atoms with Crippen molar-refractivity contribution in [1.29, 1.82) is 0 Å². The molecule has 2 aromatic heterocycles. The van der Waals surface area contributed by atoms with Gasteiger partial charge in [0.15, 0.2) is 0 Å². The number of hydrogen-bond acceptors (Lipinski definition) is 1. The minimum Gasteiger partial charge on any atom is -0.311 e. The van der Waals surface area contributed by atoms with Gasteiger partial charge in [0.25, 0.3) is 0 Å². The van der Waals surface area contributed by atoms with Crippen LogP contribution in [0.25, 0.3) is 77.2 Å². The maximum Gasteiger partial charge on any atom is 0.0562 e. The molecular formula is C54H37N3. The zero-order valence-corrected chi connectivity index (χ0v) is 31.2. The Hall–Kier alpha value is -7.62. The molecule has 11 rings (SSSR count). The van der Waals surface area contributed by atoms with Crippen LogP contribution >= 0.6 is 0 Å². The lowest BCUT2D eigenvalue weighted by atomic mass is 10.0. The van der Waals surface area contributed by atoms with Crippen LogP contribution in [0.4, 0.5) is 17.1 Å². The van der Waals surface area contributed by atoms with Gasteiger partial charge in [-0.05, 0) is 107 Å². The third-order valence-corrected chi connectivity index (χ3v) is 11.3. The highest BCUT2D eigenvalue weighted by atomic mass is 15.1. The number of fused-ring (bicyclic) bond motifs is 6. The van der Waals surface area contributed by atoms with Crippen LogP contribution in [0.3, 0.4) is 0 Å². The van der Waals surface area contributed by atoms with Crippen LogP contribution < -0.4 is 4.90 Å². The van der Waals surface area contributed by atoms with Crippen LogP contribution in [-0.4, -0.2) is 9.13 Å². The van der Waals surface area contributed by atoms with Crippen LogP contribution in [0.15, 0.2) is 224 Å². The first-order valence-corrected chi connectivity index (χ1v) is 19.5. The summed E-state index contributed by atoms with van der Waals surface area (Å²) in [6, 6.07) is 80.9. The Balaban J connectivity index is 0.976. The summed E-state index contributed by atoms with van der Waals surface area (Å²) in [6.07, 6.45) is 0. The molecule has 3 heteroatoms. The monoisotopic (exact) mass is 727 g/mol. The lowest BCUT2D eigenvalue weighted by Gasteiger charge is -2.26. The normalized spacial score (nSPS) is 11.5. The van der Waals surface area contributed by atoms with Crippen molar-refractivity contribution in [3.8, 4) is 33.6 Å². The molecule has 0 radical (unpaired) electrons. The second kappa shape index (κ2) is 13.6. The summed E-state index contributed by atoms with van der Waals surface area (Å²) >= 11 is 0. The quantitative estimate of drug-likeness (QED) is 0.159. The molecule has 0 fully saturated rings. The van der Waals surface area contributed by atoms with Crippen molar-refractivity contribution in [3.05, 3.63) is 224 Å². The van der Waals surface area contributed by atoms with Gasteiger partial charge in [-0.3, -0.25) is 0 Å². The topological polar surface area (TPSA) is 13.1 Å². The summed E-state index contributed by atoms with van der Waals surface area (Å²) in [5.41, 5.74) is 15.2. The Kier molecular flexibility index (Phi) is 7.82. The number of aromatic nitrogens is 2. The SMILES string of the molecule is c1ccc(-c2ccc(N(c3ccccc3)c3ccc(-c4ccc(-n5c6ccccc6c6cc7c8ccccc8n(-c8ccccc8)c7cc65)cc4)cc3)cc2)cc1. The summed E-state index contributed by atoms with van der Waals surface area (Å²) < 4.78 is 4.82. The highest BCUT2D eigenvalue weighted by Gasteiger charge is 2.19. The van der Waals surface area contributed by atoms with Gasteiger partial charge in [0, 0.05) is 50.0 Å². The molecule has 11 aromatic rings. The molecular weight excluding hydrogens is 691 g/mol. The van der Waals surface area contributed by atoms with E-state index in [4.69, 9.17) is 0 Å². The molecule has 57 heavy (non-hydrogen) atoms. The fraction of sp³-hybridized carbons (Fsp3) is 0. The maximum atomic E-state index is 2.42. The summed E-state index contributed by atoms with van der Waals surface area (Å²) in [4.78, 5) is 2.32. The van der Waals surface area contributed by atoms with Gasteiger partial charge in [0.2, 0.25) is 0 Å². The summed E-state index contributed by atoms with van der Waals surface area (Å²) in [5, 5.41) is 5.03. The molecule has 2 heterocycles. The van der Waals surface area contributed by atoms with Gasteiger partial charge in [0.1, 0.15) is 0 Å². The number of nitrogens with zero attached hydrogens (tertiary/aromatic N) is 3. The number of rotatable bonds is 7. The lowest BCUT2D eigenvalue weighted by Crippen LogP contribution is -2.09. The molecule has 0 unspecified atom stereocenters. The van der Waals surface area contributed by atoms with E-state index in [1.54, 1.807) is 0 Å². The van der Waals surface area contributed by atoms with Gasteiger partial charge in [-0.2, -0.15) is 0 Å². The van der Waals surface area contributed by atoms with Gasteiger partial charge in [-0.1, -0.05) is 140 Å². The molecule has 0 amide bonds. The predicted octanol–water partition coefficient (Wildman–Crippen LogP) is 14.7. The molecule has 0 N–H and O–H groups in total. The summed E-state index contributed by atoms with van der Waals surface area (Å²) in [5.74, 6) is 0.